The first kappa shape index (κ1) is 13.6. The third kappa shape index (κ3) is 4.37. The number of rotatable bonds is 6. The number of benzene rings is 2. The van der Waals surface area contributed by atoms with Crippen molar-refractivity contribution in [3.8, 4) is 0 Å². The second-order valence-electron chi connectivity index (χ2n) is 4.65. The Morgan fingerprint density at radius 1 is 0.947 bits per heavy atom. The van der Waals surface area contributed by atoms with Crippen molar-refractivity contribution in [2.24, 2.45) is 0 Å². The molecule has 0 fully saturated rings. The van der Waals surface area contributed by atoms with Gasteiger partial charge in [0.25, 0.3) is 5.97 Å². The van der Waals surface area contributed by atoms with Crippen LogP contribution in [0, 0.1) is 0 Å². The number of aryl methyl sites for hydroxylation is 2. The molecule has 1 N–H and O–H groups in total. The zero-order valence-electron chi connectivity index (χ0n) is 10.9. The summed E-state index contributed by atoms with van der Waals surface area (Å²) in [6, 6.07) is 19.0. The Labute approximate surface area is 115 Å². The lowest BCUT2D eigenvalue weighted by atomic mass is 10.0. The van der Waals surface area contributed by atoms with E-state index in [9.17, 15) is 4.79 Å². The minimum absolute atomic E-state index is 0.336. The molecule has 0 atom stereocenters. The zero-order valence-corrected chi connectivity index (χ0v) is 12.3. The minimum atomic E-state index is -0.687. The highest BCUT2D eigenvalue weighted by molar-refractivity contribution is 6.57. The fourth-order valence-corrected chi connectivity index (χ4v) is 3.61. The standard InChI is InChI=1S/C16H18O2Si/c17-16(18)12-19-15-9-5-4-8-14(15)11-10-13-6-2-1-3-7-13/h1-9H,10-12,19H2,(H,17,18). The summed E-state index contributed by atoms with van der Waals surface area (Å²) in [5.74, 6) is -0.676. The molecule has 0 amide bonds. The second kappa shape index (κ2) is 6.90. The number of carboxylic acid groups (broad SMARTS) is 1. The number of aliphatic carboxylic acids is 1. The van der Waals surface area contributed by atoms with Crippen molar-refractivity contribution >= 4 is 20.7 Å². The maximum atomic E-state index is 10.7. The second-order valence-corrected chi connectivity index (χ2v) is 6.41. The molecule has 0 saturated heterocycles. The molecule has 2 nitrogen and oxygen atoms in total. The molecule has 0 aromatic heterocycles. The molecule has 19 heavy (non-hydrogen) atoms. The Hall–Kier alpha value is -1.87. The monoisotopic (exact) mass is 270 g/mol. The topological polar surface area (TPSA) is 37.3 Å². The molecular formula is C16H18O2Si. The summed E-state index contributed by atoms with van der Waals surface area (Å²) in [6.07, 6.45) is 2.01. The normalized spacial score (nSPS) is 10.9. The van der Waals surface area contributed by atoms with Crippen molar-refractivity contribution in [1.29, 1.82) is 0 Å². The van der Waals surface area contributed by atoms with Crippen LogP contribution in [0.5, 0.6) is 0 Å². The third-order valence-corrected chi connectivity index (χ3v) is 5.16. The first-order chi connectivity index (χ1) is 9.25. The maximum Gasteiger partial charge on any atom is 0.300 e. The van der Waals surface area contributed by atoms with Crippen molar-refractivity contribution in [2.45, 2.75) is 18.9 Å². The third-order valence-electron chi connectivity index (χ3n) is 3.25. The van der Waals surface area contributed by atoms with Gasteiger partial charge in [0.15, 0.2) is 0 Å². The predicted molar refractivity (Wildman–Crippen MR) is 80.9 cm³/mol. The van der Waals surface area contributed by atoms with Gasteiger partial charge in [-0.1, -0.05) is 59.8 Å². The molecule has 0 aliphatic rings. The molecule has 0 saturated carbocycles. The molecule has 0 spiro atoms. The van der Waals surface area contributed by atoms with E-state index < -0.39 is 15.5 Å². The molecule has 0 aliphatic carbocycles. The summed E-state index contributed by atoms with van der Waals surface area (Å²) in [7, 11) is -0.687. The van der Waals surface area contributed by atoms with Gasteiger partial charge < -0.3 is 5.11 Å². The van der Waals surface area contributed by atoms with Gasteiger partial charge >= 0.3 is 0 Å². The number of hydrogen-bond acceptors (Lipinski definition) is 1. The van der Waals surface area contributed by atoms with Crippen molar-refractivity contribution in [3.63, 3.8) is 0 Å². The van der Waals surface area contributed by atoms with Gasteiger partial charge in [-0.05, 0) is 24.0 Å². The average Bonchev–Trinajstić information content (AvgIpc) is 2.45. The molecule has 2 aromatic rings. The molecule has 0 heterocycles. The maximum absolute atomic E-state index is 10.7. The first-order valence-corrected chi connectivity index (χ1v) is 8.29. The summed E-state index contributed by atoms with van der Waals surface area (Å²) in [4.78, 5) is 10.7. The van der Waals surface area contributed by atoms with Crippen LogP contribution in [-0.4, -0.2) is 20.6 Å². The summed E-state index contributed by atoms with van der Waals surface area (Å²) in [5, 5.41) is 10.1. The molecule has 0 unspecified atom stereocenters. The van der Waals surface area contributed by atoms with Crippen LogP contribution < -0.4 is 5.19 Å². The van der Waals surface area contributed by atoms with Gasteiger partial charge in [0.1, 0.15) is 0 Å². The van der Waals surface area contributed by atoms with Crippen LogP contribution in [-0.2, 0) is 17.6 Å². The van der Waals surface area contributed by atoms with Crippen LogP contribution in [0.1, 0.15) is 11.1 Å². The molecule has 2 aromatic carbocycles. The number of hydrogen-bond donors (Lipinski definition) is 1. The highest BCUT2D eigenvalue weighted by Crippen LogP contribution is 2.06. The van der Waals surface area contributed by atoms with Crippen molar-refractivity contribution < 1.29 is 9.90 Å². The lowest BCUT2D eigenvalue weighted by Gasteiger charge is -2.08. The molecule has 0 radical (unpaired) electrons. The molecule has 98 valence electrons. The minimum Gasteiger partial charge on any atom is -0.481 e. The van der Waals surface area contributed by atoms with Crippen molar-refractivity contribution in [2.75, 3.05) is 0 Å². The lowest BCUT2D eigenvalue weighted by molar-refractivity contribution is -0.134. The summed E-state index contributed by atoms with van der Waals surface area (Å²) in [6.45, 7) is 0. The van der Waals surface area contributed by atoms with Crippen LogP contribution in [0.15, 0.2) is 54.6 Å². The zero-order chi connectivity index (χ0) is 13.5. The van der Waals surface area contributed by atoms with Gasteiger partial charge in [0, 0.05) is 6.04 Å². The lowest BCUT2D eigenvalue weighted by Crippen LogP contribution is -2.21. The Morgan fingerprint density at radius 3 is 2.37 bits per heavy atom. The number of carboxylic acids is 1. The SMILES string of the molecule is O=C(O)C[SiH2]c1ccccc1CCc1ccccc1. The van der Waals surface area contributed by atoms with Crippen molar-refractivity contribution in [3.05, 3.63) is 65.7 Å². The fourth-order valence-electron chi connectivity index (χ4n) is 2.21. The smallest absolute Gasteiger partial charge is 0.300 e. The van der Waals surface area contributed by atoms with Gasteiger partial charge in [0.05, 0.1) is 9.52 Å². The first-order valence-electron chi connectivity index (χ1n) is 6.58. The van der Waals surface area contributed by atoms with Crippen LogP contribution in [0.25, 0.3) is 0 Å². The highest BCUT2D eigenvalue weighted by Gasteiger charge is 2.05. The quantitative estimate of drug-likeness (QED) is 0.812. The van der Waals surface area contributed by atoms with E-state index in [1.54, 1.807) is 0 Å². The average molecular weight is 270 g/mol. The van der Waals surface area contributed by atoms with E-state index in [0.29, 0.717) is 6.04 Å². The van der Waals surface area contributed by atoms with E-state index in [2.05, 4.69) is 36.4 Å². The number of carbonyl (C=O) groups is 1. The Bertz CT molecular complexity index is 537. The van der Waals surface area contributed by atoms with Gasteiger partial charge in [-0.2, -0.15) is 0 Å². The molecule has 2 rings (SSSR count). The summed E-state index contributed by atoms with van der Waals surface area (Å²) >= 11 is 0. The highest BCUT2D eigenvalue weighted by atomic mass is 28.2. The fraction of sp³-hybridized carbons (Fsp3) is 0.188. The van der Waals surface area contributed by atoms with Gasteiger partial charge in [-0.3, -0.25) is 4.79 Å². The van der Waals surface area contributed by atoms with Crippen LogP contribution >= 0.6 is 0 Å². The molecule has 3 heteroatoms. The summed E-state index contributed by atoms with van der Waals surface area (Å²) < 4.78 is 0. The van der Waals surface area contributed by atoms with Gasteiger partial charge in [0.2, 0.25) is 0 Å². The largest absolute Gasteiger partial charge is 0.481 e. The predicted octanol–water partition coefficient (Wildman–Crippen LogP) is 1.77. The van der Waals surface area contributed by atoms with E-state index in [1.165, 1.54) is 16.3 Å². The molecule has 0 aliphatic heterocycles. The summed E-state index contributed by atoms with van der Waals surface area (Å²) in [5.41, 5.74) is 2.65. The van der Waals surface area contributed by atoms with E-state index in [-0.39, 0.29) is 0 Å². The van der Waals surface area contributed by atoms with Crippen LogP contribution in [0.4, 0.5) is 0 Å². The van der Waals surface area contributed by atoms with Crippen LogP contribution in [0.3, 0.4) is 0 Å². The van der Waals surface area contributed by atoms with Gasteiger partial charge in [-0.25, -0.2) is 0 Å². The van der Waals surface area contributed by atoms with Gasteiger partial charge in [-0.15, -0.1) is 0 Å². The van der Waals surface area contributed by atoms with Crippen LogP contribution in [0.2, 0.25) is 6.04 Å². The molecule has 0 bridgehead atoms. The van der Waals surface area contributed by atoms with E-state index in [0.717, 1.165) is 12.8 Å². The van der Waals surface area contributed by atoms with E-state index in [4.69, 9.17) is 5.11 Å². The van der Waals surface area contributed by atoms with E-state index >= 15 is 0 Å². The Kier molecular flexibility index (Phi) is 4.92. The van der Waals surface area contributed by atoms with Crippen molar-refractivity contribution in [1.82, 2.24) is 0 Å². The Balaban J connectivity index is 2.01. The Morgan fingerprint density at radius 2 is 1.63 bits per heavy atom. The van der Waals surface area contributed by atoms with E-state index in [1.807, 2.05) is 18.2 Å². The molecular weight excluding hydrogens is 252 g/mol.